The van der Waals surface area contributed by atoms with Gasteiger partial charge in [-0.1, -0.05) is 23.5 Å². The fraction of sp³-hybridized carbons (Fsp3) is 0.276. The van der Waals surface area contributed by atoms with E-state index in [0.29, 0.717) is 31.9 Å². The molecule has 0 unspecified atom stereocenters. The summed E-state index contributed by atoms with van der Waals surface area (Å²) < 4.78 is 28.3. The van der Waals surface area contributed by atoms with Gasteiger partial charge in [0.05, 0.1) is 42.7 Å². The first kappa shape index (κ1) is 29.3. The maximum atomic E-state index is 13.9. The fourth-order valence-electron chi connectivity index (χ4n) is 4.36. The minimum Gasteiger partial charge on any atom is -0.493 e. The molecule has 12 heteroatoms. The summed E-state index contributed by atoms with van der Waals surface area (Å²) >= 11 is 1.15. The lowest BCUT2D eigenvalue weighted by atomic mass is 9.95. The second-order valence-electron chi connectivity index (χ2n) is 8.81. The Morgan fingerprint density at radius 1 is 0.951 bits per heavy atom. The van der Waals surface area contributed by atoms with Crippen LogP contribution in [0, 0.1) is 0 Å². The molecule has 1 aliphatic heterocycles. The standard InChI is InChI=1S/C29H28N2O9S/c1-7-38-28(35)25-15(2)30-29-31(26(25)19-9-11-21(40-17(4)33)23(14-19)37-6)27(34)24(41-29)13-18-8-10-20(39-16(3)32)22(12-18)36-5/h8-14,26H,7H2,1-6H3/t26-/m0/s1. The number of nitrogens with zero attached hydrogens (tertiary/aromatic N) is 2. The van der Waals surface area contributed by atoms with Gasteiger partial charge in [0, 0.05) is 13.8 Å². The number of thiazole rings is 1. The average Bonchev–Trinajstić information content (AvgIpc) is 3.22. The molecule has 0 bridgehead atoms. The molecule has 0 saturated carbocycles. The second kappa shape index (κ2) is 12.2. The van der Waals surface area contributed by atoms with Crippen molar-refractivity contribution in [2.75, 3.05) is 20.8 Å². The number of carbonyl (C=O) groups is 3. The van der Waals surface area contributed by atoms with Crippen LogP contribution in [-0.2, 0) is 19.1 Å². The van der Waals surface area contributed by atoms with Crippen molar-refractivity contribution >= 4 is 35.3 Å². The van der Waals surface area contributed by atoms with Crippen LogP contribution in [0.1, 0.15) is 44.9 Å². The summed E-state index contributed by atoms with van der Waals surface area (Å²) in [5.74, 6) is -0.612. The third-order valence-electron chi connectivity index (χ3n) is 6.01. The van der Waals surface area contributed by atoms with Crippen LogP contribution in [0.3, 0.4) is 0 Å². The van der Waals surface area contributed by atoms with Crippen LogP contribution in [0.25, 0.3) is 6.08 Å². The first-order valence-electron chi connectivity index (χ1n) is 12.5. The molecule has 0 aliphatic carbocycles. The van der Waals surface area contributed by atoms with Gasteiger partial charge in [-0.15, -0.1) is 0 Å². The van der Waals surface area contributed by atoms with Gasteiger partial charge in [0.25, 0.3) is 5.56 Å². The molecule has 0 amide bonds. The summed E-state index contributed by atoms with van der Waals surface area (Å²) in [6.07, 6.45) is 1.66. The van der Waals surface area contributed by atoms with Gasteiger partial charge in [-0.2, -0.15) is 0 Å². The molecule has 0 fully saturated rings. The molecule has 1 aromatic heterocycles. The van der Waals surface area contributed by atoms with E-state index in [9.17, 15) is 19.2 Å². The van der Waals surface area contributed by atoms with Crippen LogP contribution in [0.5, 0.6) is 23.0 Å². The van der Waals surface area contributed by atoms with E-state index in [1.165, 1.54) is 32.6 Å². The molecule has 0 spiro atoms. The molecular weight excluding hydrogens is 552 g/mol. The van der Waals surface area contributed by atoms with E-state index in [0.717, 1.165) is 11.3 Å². The number of hydrogen-bond donors (Lipinski definition) is 0. The SMILES string of the molecule is CCOC(=O)C1=C(C)N=c2sc(=Cc3ccc(OC(C)=O)c(OC)c3)c(=O)n2[C@H]1c1ccc(OC(C)=O)c(OC)c1. The smallest absolute Gasteiger partial charge is 0.338 e. The molecule has 0 N–H and O–H groups in total. The maximum absolute atomic E-state index is 13.9. The first-order valence-corrected chi connectivity index (χ1v) is 13.3. The van der Waals surface area contributed by atoms with Gasteiger partial charge in [-0.3, -0.25) is 19.0 Å². The van der Waals surface area contributed by atoms with Gasteiger partial charge >= 0.3 is 17.9 Å². The van der Waals surface area contributed by atoms with Crippen LogP contribution in [0.2, 0.25) is 0 Å². The van der Waals surface area contributed by atoms with Crippen molar-refractivity contribution < 1.29 is 38.1 Å². The summed E-state index contributed by atoms with van der Waals surface area (Å²) in [7, 11) is 2.87. The summed E-state index contributed by atoms with van der Waals surface area (Å²) in [6, 6.07) is 8.81. The largest absolute Gasteiger partial charge is 0.493 e. The van der Waals surface area contributed by atoms with Crippen molar-refractivity contribution in [1.29, 1.82) is 0 Å². The number of ether oxygens (including phenoxy) is 5. The van der Waals surface area contributed by atoms with E-state index in [2.05, 4.69) is 4.99 Å². The van der Waals surface area contributed by atoms with E-state index < -0.39 is 23.9 Å². The molecule has 1 aliphatic rings. The molecule has 41 heavy (non-hydrogen) atoms. The number of carbonyl (C=O) groups excluding carboxylic acids is 3. The molecule has 3 aromatic rings. The topological polar surface area (TPSA) is 132 Å². The molecule has 0 saturated heterocycles. The lowest BCUT2D eigenvalue weighted by molar-refractivity contribution is -0.139. The second-order valence-corrected chi connectivity index (χ2v) is 9.82. The number of benzene rings is 2. The van der Waals surface area contributed by atoms with Gasteiger partial charge < -0.3 is 23.7 Å². The molecular formula is C29H28N2O9S. The minimum absolute atomic E-state index is 0.132. The van der Waals surface area contributed by atoms with E-state index in [4.69, 9.17) is 23.7 Å². The molecule has 0 radical (unpaired) electrons. The molecule has 1 atom stereocenters. The van der Waals surface area contributed by atoms with Gasteiger partial charge in [0.2, 0.25) is 0 Å². The highest BCUT2D eigenvalue weighted by Crippen LogP contribution is 2.36. The third-order valence-corrected chi connectivity index (χ3v) is 7.00. The molecule has 214 valence electrons. The Bertz CT molecular complexity index is 1750. The average molecular weight is 581 g/mol. The van der Waals surface area contributed by atoms with Gasteiger partial charge in [0.15, 0.2) is 27.8 Å². The van der Waals surface area contributed by atoms with Gasteiger partial charge in [-0.25, -0.2) is 9.79 Å². The van der Waals surface area contributed by atoms with Crippen molar-refractivity contribution in [3.05, 3.63) is 78.5 Å². The molecule has 2 heterocycles. The fourth-order valence-corrected chi connectivity index (χ4v) is 5.41. The summed E-state index contributed by atoms with van der Waals surface area (Å²) in [6.45, 7) is 6.06. The van der Waals surface area contributed by atoms with Crippen LogP contribution in [0.15, 0.2) is 57.5 Å². The number of esters is 3. The van der Waals surface area contributed by atoms with Gasteiger partial charge in [0.1, 0.15) is 0 Å². The minimum atomic E-state index is -0.895. The van der Waals surface area contributed by atoms with E-state index in [1.54, 1.807) is 56.3 Å². The Labute approximate surface area is 238 Å². The van der Waals surface area contributed by atoms with Gasteiger partial charge in [-0.05, 0) is 55.3 Å². The highest BCUT2D eigenvalue weighted by molar-refractivity contribution is 7.07. The van der Waals surface area contributed by atoms with E-state index >= 15 is 0 Å². The number of methoxy groups -OCH3 is 2. The monoisotopic (exact) mass is 580 g/mol. The molecule has 4 rings (SSSR count). The van der Waals surface area contributed by atoms with E-state index in [-0.39, 0.29) is 35.0 Å². The Morgan fingerprint density at radius 3 is 2.15 bits per heavy atom. The summed E-state index contributed by atoms with van der Waals surface area (Å²) in [5, 5.41) is 0. The number of rotatable bonds is 8. The van der Waals surface area contributed by atoms with Crippen LogP contribution in [0.4, 0.5) is 0 Å². The van der Waals surface area contributed by atoms with Crippen molar-refractivity contribution in [3.8, 4) is 23.0 Å². The Balaban J connectivity index is 1.91. The third kappa shape index (κ3) is 6.07. The highest BCUT2D eigenvalue weighted by Gasteiger charge is 2.34. The van der Waals surface area contributed by atoms with Crippen molar-refractivity contribution in [3.63, 3.8) is 0 Å². The van der Waals surface area contributed by atoms with Crippen LogP contribution in [-0.4, -0.2) is 43.3 Å². The zero-order chi connectivity index (χ0) is 29.8. The van der Waals surface area contributed by atoms with Crippen molar-refractivity contribution in [1.82, 2.24) is 4.57 Å². The maximum Gasteiger partial charge on any atom is 0.338 e. The van der Waals surface area contributed by atoms with Crippen LogP contribution < -0.4 is 33.8 Å². The first-order chi connectivity index (χ1) is 19.6. The van der Waals surface area contributed by atoms with Crippen molar-refractivity contribution in [2.24, 2.45) is 4.99 Å². The Kier molecular flexibility index (Phi) is 8.72. The predicted octanol–water partition coefficient (Wildman–Crippen LogP) is 2.67. The summed E-state index contributed by atoms with van der Waals surface area (Å²) in [4.78, 5) is 54.9. The number of fused-ring (bicyclic) bond motifs is 1. The zero-order valence-corrected chi connectivity index (χ0v) is 24.1. The van der Waals surface area contributed by atoms with Crippen molar-refractivity contribution in [2.45, 2.75) is 33.7 Å². The lowest BCUT2D eigenvalue weighted by Gasteiger charge is -2.25. The normalized spacial score (nSPS) is 14.6. The zero-order valence-electron chi connectivity index (χ0n) is 23.3. The number of hydrogen-bond acceptors (Lipinski definition) is 11. The Morgan fingerprint density at radius 2 is 1.56 bits per heavy atom. The van der Waals surface area contributed by atoms with Crippen LogP contribution >= 0.6 is 11.3 Å². The highest BCUT2D eigenvalue weighted by atomic mass is 32.1. The number of aromatic nitrogens is 1. The number of allylic oxidation sites excluding steroid dienone is 1. The molecule has 2 aromatic carbocycles. The summed E-state index contributed by atoms with van der Waals surface area (Å²) in [5.41, 5.74) is 1.35. The predicted molar refractivity (Wildman–Crippen MR) is 149 cm³/mol. The lowest BCUT2D eigenvalue weighted by Crippen LogP contribution is -2.40. The van der Waals surface area contributed by atoms with E-state index in [1.807, 2.05) is 0 Å². The Hall–Kier alpha value is -4.71. The molecule has 11 nitrogen and oxygen atoms in total. The quantitative estimate of drug-likeness (QED) is 0.291.